The second-order valence-corrected chi connectivity index (χ2v) is 4.17. The Kier molecular flexibility index (Phi) is 9.22. The monoisotopic (exact) mass is 298 g/mol. The summed E-state index contributed by atoms with van der Waals surface area (Å²) in [6.45, 7) is 0. The number of carbonyl (C=O) groups excluding carboxylic acids is 4. The summed E-state index contributed by atoms with van der Waals surface area (Å²) in [7, 11) is 0. The fourth-order valence-electron chi connectivity index (χ4n) is 0.920. The van der Waals surface area contributed by atoms with Gasteiger partial charge in [-0.1, -0.05) is 0 Å². The van der Waals surface area contributed by atoms with Gasteiger partial charge in [0.15, 0.2) is 0 Å². The van der Waals surface area contributed by atoms with Crippen LogP contribution in [0.4, 0.5) is 0 Å². The highest BCUT2D eigenvalue weighted by Crippen LogP contribution is 2.04. The molecule has 0 aromatic rings. The minimum Gasteiger partial charge on any atom is -0.281 e. The molecule has 8 heteroatoms. The summed E-state index contributed by atoms with van der Waals surface area (Å²) in [5.74, 6) is -1.54. The van der Waals surface area contributed by atoms with Crippen LogP contribution in [-0.2, 0) is 29.0 Å². The molecule has 102 valence electrons. The highest BCUT2D eigenvalue weighted by Gasteiger charge is 2.10. The van der Waals surface area contributed by atoms with E-state index >= 15 is 0 Å². The van der Waals surface area contributed by atoms with Crippen LogP contribution in [0, 0.1) is 0 Å². The van der Waals surface area contributed by atoms with Gasteiger partial charge in [-0.25, -0.2) is 19.4 Å². The Hall–Kier alpha value is -1.14. The van der Waals surface area contributed by atoms with E-state index in [0.717, 1.165) is 0 Å². The topological polar surface area (TPSA) is 86.7 Å². The van der Waals surface area contributed by atoms with Gasteiger partial charge in [0.2, 0.25) is 10.5 Å². The zero-order valence-electron chi connectivity index (χ0n) is 9.45. The molecular weight excluding hydrogens is 287 g/mol. The van der Waals surface area contributed by atoms with Crippen LogP contribution < -0.4 is 0 Å². The van der Waals surface area contributed by atoms with Crippen LogP contribution in [0.15, 0.2) is 0 Å². The van der Waals surface area contributed by atoms with Crippen molar-refractivity contribution in [3.8, 4) is 0 Å². The van der Waals surface area contributed by atoms with Gasteiger partial charge >= 0.3 is 11.9 Å². The van der Waals surface area contributed by atoms with Gasteiger partial charge in [-0.3, -0.25) is 9.59 Å². The Labute approximate surface area is 113 Å². The Bertz CT molecular complexity index is 296. The minimum absolute atomic E-state index is 0.0441. The first-order valence-corrected chi connectivity index (χ1v) is 5.94. The maximum atomic E-state index is 11.0. The summed E-state index contributed by atoms with van der Waals surface area (Å²) in [5.41, 5.74) is 0. The van der Waals surface area contributed by atoms with Gasteiger partial charge in [0.25, 0.3) is 0 Å². The molecule has 0 saturated heterocycles. The van der Waals surface area contributed by atoms with E-state index in [0.29, 0.717) is 0 Å². The third kappa shape index (κ3) is 11.3. The highest BCUT2D eigenvalue weighted by atomic mass is 35.5. The first-order valence-electron chi connectivity index (χ1n) is 5.18. The van der Waals surface area contributed by atoms with Crippen molar-refractivity contribution < 1.29 is 29.0 Å². The largest absolute Gasteiger partial charge is 0.355 e. The van der Waals surface area contributed by atoms with Gasteiger partial charge in [0, 0.05) is 12.8 Å². The van der Waals surface area contributed by atoms with Crippen LogP contribution in [-0.4, -0.2) is 22.4 Å². The Morgan fingerprint density at radius 2 is 1.00 bits per heavy atom. The van der Waals surface area contributed by atoms with Crippen LogP contribution >= 0.6 is 23.2 Å². The Morgan fingerprint density at radius 1 is 0.667 bits per heavy atom. The fourth-order valence-corrected chi connectivity index (χ4v) is 1.19. The molecule has 6 nitrogen and oxygen atoms in total. The molecule has 0 aliphatic carbocycles. The van der Waals surface area contributed by atoms with Crippen molar-refractivity contribution in [1.82, 2.24) is 0 Å². The summed E-state index contributed by atoms with van der Waals surface area (Å²) in [4.78, 5) is 51.0. The van der Waals surface area contributed by atoms with E-state index in [4.69, 9.17) is 23.2 Å². The van der Waals surface area contributed by atoms with Crippen molar-refractivity contribution in [2.24, 2.45) is 0 Å². The Balaban J connectivity index is 3.56. The molecule has 0 bridgehead atoms. The van der Waals surface area contributed by atoms with Gasteiger partial charge in [-0.05, 0) is 36.0 Å². The molecular formula is C10H12Cl2O6. The Morgan fingerprint density at radius 3 is 1.28 bits per heavy atom. The third-order valence-corrected chi connectivity index (χ3v) is 2.11. The molecule has 0 unspecified atom stereocenters. The van der Waals surface area contributed by atoms with E-state index in [1.54, 1.807) is 0 Å². The van der Waals surface area contributed by atoms with Crippen molar-refractivity contribution in [2.75, 3.05) is 0 Å². The maximum absolute atomic E-state index is 11.0. The molecule has 0 aliphatic heterocycles. The normalized spacial score (nSPS) is 9.67. The van der Waals surface area contributed by atoms with Crippen molar-refractivity contribution in [2.45, 2.75) is 38.5 Å². The standard InChI is InChI=1S/C10H12Cl2O6/c11-7(13)3-1-5-9(15)17-18-10(16)6-2-4-8(12)14/h1-6H2. The lowest BCUT2D eigenvalue weighted by Gasteiger charge is -2.02. The van der Waals surface area contributed by atoms with Crippen molar-refractivity contribution in [1.29, 1.82) is 0 Å². The molecule has 0 amide bonds. The van der Waals surface area contributed by atoms with E-state index in [1.807, 2.05) is 0 Å². The predicted octanol–water partition coefficient (Wildman–Crippen LogP) is 1.86. The van der Waals surface area contributed by atoms with Crippen LogP contribution in [0.1, 0.15) is 38.5 Å². The van der Waals surface area contributed by atoms with Gasteiger partial charge in [-0.2, -0.15) is 0 Å². The zero-order chi connectivity index (χ0) is 14.0. The summed E-state index contributed by atoms with van der Waals surface area (Å²) in [6, 6.07) is 0. The van der Waals surface area contributed by atoms with E-state index in [-0.39, 0.29) is 38.5 Å². The summed E-state index contributed by atoms with van der Waals surface area (Å²) in [5, 5.41) is -1.10. The second-order valence-electron chi connectivity index (χ2n) is 3.33. The lowest BCUT2D eigenvalue weighted by molar-refractivity contribution is -0.259. The molecule has 0 N–H and O–H groups in total. The van der Waals surface area contributed by atoms with Gasteiger partial charge in [0.05, 0.1) is 12.8 Å². The van der Waals surface area contributed by atoms with E-state index in [9.17, 15) is 19.2 Å². The number of hydrogen-bond acceptors (Lipinski definition) is 6. The van der Waals surface area contributed by atoms with E-state index < -0.39 is 22.4 Å². The second kappa shape index (κ2) is 9.85. The molecule has 0 aromatic carbocycles. The average Bonchev–Trinajstić information content (AvgIpc) is 2.25. The van der Waals surface area contributed by atoms with Gasteiger partial charge in [0.1, 0.15) is 0 Å². The molecule has 0 aliphatic rings. The van der Waals surface area contributed by atoms with E-state index in [1.165, 1.54) is 0 Å². The maximum Gasteiger partial charge on any atom is 0.355 e. The van der Waals surface area contributed by atoms with Crippen LogP contribution in [0.3, 0.4) is 0 Å². The molecule has 0 rings (SSSR count). The summed E-state index contributed by atoms with van der Waals surface area (Å²) >= 11 is 10.1. The quantitative estimate of drug-likeness (QED) is 0.386. The lowest BCUT2D eigenvalue weighted by Crippen LogP contribution is -2.11. The van der Waals surface area contributed by atoms with Crippen molar-refractivity contribution >= 4 is 45.6 Å². The van der Waals surface area contributed by atoms with Crippen LogP contribution in [0.25, 0.3) is 0 Å². The van der Waals surface area contributed by atoms with Gasteiger partial charge in [-0.15, -0.1) is 0 Å². The number of halogens is 2. The molecule has 0 fully saturated rings. The number of rotatable bonds is 8. The number of hydrogen-bond donors (Lipinski definition) is 0. The highest BCUT2D eigenvalue weighted by molar-refractivity contribution is 6.63. The first-order chi connectivity index (χ1) is 8.41. The molecule has 0 heterocycles. The molecule has 0 radical (unpaired) electrons. The van der Waals surface area contributed by atoms with Crippen LogP contribution in [0.2, 0.25) is 0 Å². The number of carbonyl (C=O) groups is 4. The van der Waals surface area contributed by atoms with E-state index in [2.05, 4.69) is 9.78 Å². The average molecular weight is 299 g/mol. The summed E-state index contributed by atoms with van der Waals surface area (Å²) in [6.07, 6.45) is 0.377. The van der Waals surface area contributed by atoms with Crippen molar-refractivity contribution in [3.63, 3.8) is 0 Å². The van der Waals surface area contributed by atoms with Gasteiger partial charge < -0.3 is 0 Å². The minimum atomic E-state index is -0.769. The fraction of sp³-hybridized carbons (Fsp3) is 0.600. The van der Waals surface area contributed by atoms with Crippen LogP contribution in [0.5, 0.6) is 0 Å². The first kappa shape index (κ1) is 16.9. The summed E-state index contributed by atoms with van der Waals surface area (Å²) < 4.78 is 0. The van der Waals surface area contributed by atoms with Crippen molar-refractivity contribution in [3.05, 3.63) is 0 Å². The molecule has 0 saturated carbocycles. The lowest BCUT2D eigenvalue weighted by atomic mass is 10.2. The molecule has 0 atom stereocenters. The predicted molar refractivity (Wildman–Crippen MR) is 61.6 cm³/mol. The zero-order valence-corrected chi connectivity index (χ0v) is 11.0. The molecule has 18 heavy (non-hydrogen) atoms. The SMILES string of the molecule is O=C(Cl)CCCC(=O)OOC(=O)CCCC(=O)Cl. The smallest absolute Gasteiger partial charge is 0.281 e. The molecule has 0 aromatic heterocycles. The molecule has 0 spiro atoms. The third-order valence-electron chi connectivity index (χ3n) is 1.74.